The molecule has 0 aliphatic carbocycles. The van der Waals surface area contributed by atoms with Crippen LogP contribution in [0.25, 0.3) is 0 Å². The summed E-state index contributed by atoms with van der Waals surface area (Å²) >= 11 is 0. The Bertz CT molecular complexity index is 357. The predicted octanol–water partition coefficient (Wildman–Crippen LogP) is 1.46. The molecule has 0 saturated carbocycles. The lowest BCUT2D eigenvalue weighted by Gasteiger charge is -2.04. The Kier molecular flexibility index (Phi) is 1.72. The van der Waals surface area contributed by atoms with Crippen molar-refractivity contribution in [3.05, 3.63) is 23.8 Å². The second kappa shape index (κ2) is 2.76. The minimum absolute atomic E-state index is 0.0280. The van der Waals surface area contributed by atoms with Crippen LogP contribution in [0.1, 0.15) is 18.4 Å². The van der Waals surface area contributed by atoms with Crippen LogP contribution in [0.3, 0.4) is 0 Å². The molecule has 1 aliphatic heterocycles. The van der Waals surface area contributed by atoms with Crippen LogP contribution in [0.5, 0.6) is 11.5 Å². The molecule has 1 heterocycles. The van der Waals surface area contributed by atoms with Gasteiger partial charge in [0.15, 0.2) is 0 Å². The fourth-order valence-corrected chi connectivity index (χ4v) is 1.59. The van der Waals surface area contributed by atoms with Gasteiger partial charge in [0.05, 0.1) is 5.92 Å². The number of hydrogen-bond acceptors (Lipinski definition) is 3. The highest BCUT2D eigenvalue weighted by molar-refractivity contribution is 5.86. The molecular weight excluding hydrogens is 168 g/mol. The van der Waals surface area contributed by atoms with Crippen LogP contribution in [-0.2, 0) is 4.79 Å². The Morgan fingerprint density at radius 3 is 3.08 bits per heavy atom. The normalized spacial score (nSPS) is 19.3. The van der Waals surface area contributed by atoms with Gasteiger partial charge in [0, 0.05) is 5.56 Å². The molecule has 0 amide bonds. The maximum Gasteiger partial charge on any atom is 0.140 e. The lowest BCUT2D eigenvalue weighted by molar-refractivity contribution is -0.118. The van der Waals surface area contributed by atoms with Gasteiger partial charge in [-0.25, -0.2) is 0 Å². The van der Waals surface area contributed by atoms with E-state index in [9.17, 15) is 9.90 Å². The predicted molar refractivity (Wildman–Crippen MR) is 47.0 cm³/mol. The monoisotopic (exact) mass is 178 g/mol. The van der Waals surface area contributed by atoms with Gasteiger partial charge in [-0.1, -0.05) is 6.07 Å². The van der Waals surface area contributed by atoms with Crippen LogP contribution in [0.15, 0.2) is 18.2 Å². The maximum absolute atomic E-state index is 11.2. The first-order valence-electron chi connectivity index (χ1n) is 4.15. The van der Waals surface area contributed by atoms with E-state index < -0.39 is 0 Å². The summed E-state index contributed by atoms with van der Waals surface area (Å²) in [6, 6.07) is 5.04. The highest BCUT2D eigenvalue weighted by atomic mass is 16.5. The van der Waals surface area contributed by atoms with E-state index in [0.29, 0.717) is 17.9 Å². The minimum atomic E-state index is -0.295. The molecule has 13 heavy (non-hydrogen) atoms. The number of rotatable bonds is 1. The highest BCUT2D eigenvalue weighted by Crippen LogP contribution is 2.40. The molecule has 0 spiro atoms. The third-order valence-electron chi connectivity index (χ3n) is 2.29. The number of aromatic hydroxyl groups is 1. The average Bonchev–Trinajstić information content (AvgIpc) is 2.49. The molecular formula is C10H10O3. The third kappa shape index (κ3) is 1.16. The van der Waals surface area contributed by atoms with Crippen molar-refractivity contribution in [1.82, 2.24) is 0 Å². The molecule has 0 bridgehead atoms. The van der Waals surface area contributed by atoms with Crippen molar-refractivity contribution >= 4 is 5.78 Å². The summed E-state index contributed by atoms with van der Waals surface area (Å²) in [7, 11) is 0. The zero-order chi connectivity index (χ0) is 9.42. The van der Waals surface area contributed by atoms with Gasteiger partial charge >= 0.3 is 0 Å². The number of ketones is 1. The van der Waals surface area contributed by atoms with Crippen LogP contribution in [-0.4, -0.2) is 17.5 Å². The van der Waals surface area contributed by atoms with E-state index in [0.717, 1.165) is 0 Å². The number of carbonyl (C=O) groups is 1. The Morgan fingerprint density at radius 1 is 1.62 bits per heavy atom. The summed E-state index contributed by atoms with van der Waals surface area (Å²) in [6.45, 7) is 1.86. The van der Waals surface area contributed by atoms with Gasteiger partial charge in [0.1, 0.15) is 23.9 Å². The van der Waals surface area contributed by atoms with Gasteiger partial charge in [-0.2, -0.15) is 0 Å². The van der Waals surface area contributed by atoms with Crippen molar-refractivity contribution in [1.29, 1.82) is 0 Å². The average molecular weight is 178 g/mol. The number of fused-ring (bicyclic) bond motifs is 1. The van der Waals surface area contributed by atoms with E-state index in [2.05, 4.69) is 0 Å². The summed E-state index contributed by atoms with van der Waals surface area (Å²) in [4.78, 5) is 11.2. The summed E-state index contributed by atoms with van der Waals surface area (Å²) < 4.78 is 5.27. The van der Waals surface area contributed by atoms with Gasteiger partial charge in [-0.15, -0.1) is 0 Å². The van der Waals surface area contributed by atoms with E-state index >= 15 is 0 Å². The van der Waals surface area contributed by atoms with Crippen molar-refractivity contribution in [3.8, 4) is 11.5 Å². The topological polar surface area (TPSA) is 46.5 Å². The number of hydrogen-bond donors (Lipinski definition) is 1. The number of carbonyl (C=O) groups excluding carboxylic acids is 1. The Labute approximate surface area is 76.0 Å². The second-order valence-corrected chi connectivity index (χ2v) is 3.16. The van der Waals surface area contributed by atoms with Crippen LogP contribution in [0.2, 0.25) is 0 Å². The van der Waals surface area contributed by atoms with Crippen LogP contribution in [0.4, 0.5) is 0 Å². The maximum atomic E-state index is 11.2. The summed E-state index contributed by atoms with van der Waals surface area (Å²) in [5, 5.41) is 9.52. The second-order valence-electron chi connectivity index (χ2n) is 3.16. The molecule has 1 N–H and O–H groups in total. The zero-order valence-electron chi connectivity index (χ0n) is 7.28. The molecule has 3 nitrogen and oxygen atoms in total. The van der Waals surface area contributed by atoms with Crippen molar-refractivity contribution in [2.45, 2.75) is 12.8 Å². The van der Waals surface area contributed by atoms with Gasteiger partial charge in [0.2, 0.25) is 0 Å². The van der Waals surface area contributed by atoms with E-state index in [1.54, 1.807) is 18.2 Å². The molecule has 0 radical (unpaired) electrons. The Balaban J connectivity index is 2.52. The van der Waals surface area contributed by atoms with Crippen molar-refractivity contribution in [2.24, 2.45) is 0 Å². The number of benzene rings is 1. The van der Waals surface area contributed by atoms with Crippen molar-refractivity contribution < 1.29 is 14.6 Å². The molecule has 68 valence electrons. The third-order valence-corrected chi connectivity index (χ3v) is 2.29. The molecule has 1 atom stereocenters. The standard InChI is InChI=1S/C10H10O3/c1-6(11)7-5-13-9-4-2-3-8(12)10(7)9/h2-4,7,12H,5H2,1H3. The number of phenolic OH excluding ortho intramolecular Hbond substituents is 1. The van der Waals surface area contributed by atoms with Crippen LogP contribution >= 0.6 is 0 Å². The fourth-order valence-electron chi connectivity index (χ4n) is 1.59. The quantitative estimate of drug-likeness (QED) is 0.708. The molecule has 3 heteroatoms. The van der Waals surface area contributed by atoms with E-state index in [-0.39, 0.29) is 17.5 Å². The number of ether oxygens (including phenoxy) is 1. The molecule has 1 aromatic carbocycles. The molecule has 0 fully saturated rings. The van der Waals surface area contributed by atoms with Gasteiger partial charge in [0.25, 0.3) is 0 Å². The SMILES string of the molecule is CC(=O)C1COc2cccc(O)c21. The van der Waals surface area contributed by atoms with Gasteiger partial charge in [-0.05, 0) is 19.1 Å². The minimum Gasteiger partial charge on any atom is -0.508 e. The van der Waals surface area contributed by atoms with Crippen molar-refractivity contribution in [3.63, 3.8) is 0 Å². The molecule has 1 aliphatic rings. The first-order chi connectivity index (χ1) is 6.20. The fraction of sp³-hybridized carbons (Fsp3) is 0.300. The highest BCUT2D eigenvalue weighted by Gasteiger charge is 2.30. The summed E-state index contributed by atoms with van der Waals surface area (Å²) in [6.07, 6.45) is 0. The molecule has 2 rings (SSSR count). The van der Waals surface area contributed by atoms with Gasteiger partial charge < -0.3 is 9.84 Å². The van der Waals surface area contributed by atoms with E-state index in [1.165, 1.54) is 6.92 Å². The summed E-state index contributed by atoms with van der Waals surface area (Å²) in [5.74, 6) is 0.506. The first-order valence-corrected chi connectivity index (χ1v) is 4.15. The van der Waals surface area contributed by atoms with Crippen LogP contribution in [0, 0.1) is 0 Å². The summed E-state index contributed by atoms with van der Waals surface area (Å²) in [5.41, 5.74) is 0.634. The lowest BCUT2D eigenvalue weighted by Crippen LogP contribution is -2.09. The van der Waals surface area contributed by atoms with Gasteiger partial charge in [-0.3, -0.25) is 4.79 Å². The van der Waals surface area contributed by atoms with E-state index in [4.69, 9.17) is 4.74 Å². The molecule has 0 saturated heterocycles. The number of phenols is 1. The zero-order valence-corrected chi connectivity index (χ0v) is 7.28. The first kappa shape index (κ1) is 8.10. The molecule has 1 aromatic rings. The Morgan fingerprint density at radius 2 is 2.38 bits per heavy atom. The van der Waals surface area contributed by atoms with E-state index in [1.807, 2.05) is 0 Å². The Hall–Kier alpha value is -1.51. The lowest BCUT2D eigenvalue weighted by atomic mass is 9.97. The van der Waals surface area contributed by atoms with Crippen molar-refractivity contribution in [2.75, 3.05) is 6.61 Å². The smallest absolute Gasteiger partial charge is 0.140 e. The van der Waals surface area contributed by atoms with Crippen LogP contribution < -0.4 is 4.74 Å². The molecule has 1 unspecified atom stereocenters. The molecule has 0 aromatic heterocycles. The largest absolute Gasteiger partial charge is 0.508 e. The number of Topliss-reactive ketones (excluding diaryl/α,β-unsaturated/α-hetero) is 1.